The molecule has 1 heterocycles. The summed E-state index contributed by atoms with van der Waals surface area (Å²) in [7, 11) is 0. The average Bonchev–Trinajstić information content (AvgIpc) is 2.83. The van der Waals surface area contributed by atoms with Gasteiger partial charge in [-0.1, -0.05) is 30.3 Å². The highest BCUT2D eigenvalue weighted by Crippen LogP contribution is 2.28. The largest absolute Gasteiger partial charge is 0.501 e. The molecule has 0 saturated carbocycles. The molecule has 2 nitrogen and oxygen atoms in total. The summed E-state index contributed by atoms with van der Waals surface area (Å²) in [5.41, 5.74) is 2.41. The Morgan fingerprint density at radius 3 is 2.83 bits per heavy atom. The van der Waals surface area contributed by atoms with Crippen molar-refractivity contribution in [1.82, 2.24) is 0 Å². The highest BCUT2D eigenvalue weighted by Gasteiger charge is 2.29. The Balaban J connectivity index is 1.77. The van der Waals surface area contributed by atoms with Crippen LogP contribution in [0.25, 0.3) is 5.57 Å². The van der Waals surface area contributed by atoms with E-state index in [4.69, 9.17) is 9.47 Å². The van der Waals surface area contributed by atoms with Crippen molar-refractivity contribution in [1.29, 1.82) is 0 Å². The van der Waals surface area contributed by atoms with Crippen molar-refractivity contribution in [2.75, 3.05) is 13.2 Å². The van der Waals surface area contributed by atoms with Gasteiger partial charge in [0.05, 0.1) is 18.5 Å². The summed E-state index contributed by atoms with van der Waals surface area (Å²) >= 11 is 0. The molecule has 1 unspecified atom stereocenters. The van der Waals surface area contributed by atoms with Crippen LogP contribution in [0.5, 0.6) is 0 Å². The van der Waals surface area contributed by atoms with Crippen LogP contribution in [0, 0.1) is 0 Å². The van der Waals surface area contributed by atoms with E-state index < -0.39 is 0 Å². The van der Waals surface area contributed by atoms with Crippen LogP contribution in [0.4, 0.5) is 0 Å². The second kappa shape index (κ2) is 6.05. The SMILES string of the molecule is C/C(=C/OCCC1(C)CCCO1)c1ccccc1. The summed E-state index contributed by atoms with van der Waals surface area (Å²) in [6.45, 7) is 5.87. The summed E-state index contributed by atoms with van der Waals surface area (Å²) < 4.78 is 11.4. The van der Waals surface area contributed by atoms with Crippen molar-refractivity contribution in [2.24, 2.45) is 0 Å². The molecular formula is C16H22O2. The molecule has 2 rings (SSSR count). The third-order valence-corrected chi connectivity index (χ3v) is 3.54. The van der Waals surface area contributed by atoms with E-state index in [0.717, 1.165) is 31.6 Å². The van der Waals surface area contributed by atoms with Crippen molar-refractivity contribution < 1.29 is 9.47 Å². The number of rotatable bonds is 5. The first-order chi connectivity index (χ1) is 8.70. The molecule has 1 aliphatic heterocycles. The minimum absolute atomic E-state index is 0.0362. The Kier molecular flexibility index (Phi) is 4.43. The first kappa shape index (κ1) is 13.2. The van der Waals surface area contributed by atoms with E-state index in [9.17, 15) is 0 Å². The molecular weight excluding hydrogens is 224 g/mol. The molecule has 1 aliphatic rings. The van der Waals surface area contributed by atoms with Crippen LogP contribution >= 0.6 is 0 Å². The molecule has 0 aliphatic carbocycles. The van der Waals surface area contributed by atoms with E-state index in [0.29, 0.717) is 0 Å². The van der Waals surface area contributed by atoms with E-state index in [1.807, 2.05) is 24.5 Å². The van der Waals surface area contributed by atoms with E-state index in [-0.39, 0.29) is 5.60 Å². The van der Waals surface area contributed by atoms with Crippen LogP contribution in [-0.4, -0.2) is 18.8 Å². The minimum Gasteiger partial charge on any atom is -0.501 e. The first-order valence-electron chi connectivity index (χ1n) is 6.67. The van der Waals surface area contributed by atoms with Gasteiger partial charge in [-0.05, 0) is 37.8 Å². The van der Waals surface area contributed by atoms with E-state index in [2.05, 4.69) is 26.0 Å². The van der Waals surface area contributed by atoms with Crippen LogP contribution < -0.4 is 0 Å². The Hall–Kier alpha value is -1.28. The Morgan fingerprint density at radius 1 is 1.39 bits per heavy atom. The monoisotopic (exact) mass is 246 g/mol. The lowest BCUT2D eigenvalue weighted by molar-refractivity contribution is -0.000444. The van der Waals surface area contributed by atoms with Crippen molar-refractivity contribution in [3.63, 3.8) is 0 Å². The normalized spacial score (nSPS) is 24.2. The molecule has 1 atom stereocenters. The van der Waals surface area contributed by atoms with E-state index in [1.54, 1.807) is 0 Å². The quantitative estimate of drug-likeness (QED) is 0.577. The molecule has 2 heteroatoms. The molecule has 0 bridgehead atoms. The molecule has 0 aromatic heterocycles. The fraction of sp³-hybridized carbons (Fsp3) is 0.500. The van der Waals surface area contributed by atoms with Gasteiger partial charge in [-0.15, -0.1) is 0 Å². The van der Waals surface area contributed by atoms with Gasteiger partial charge in [0, 0.05) is 13.0 Å². The van der Waals surface area contributed by atoms with Crippen LogP contribution in [0.15, 0.2) is 36.6 Å². The Morgan fingerprint density at radius 2 is 2.17 bits per heavy atom. The number of hydrogen-bond donors (Lipinski definition) is 0. The second-order valence-electron chi connectivity index (χ2n) is 5.19. The zero-order chi connectivity index (χ0) is 12.8. The minimum atomic E-state index is 0.0362. The smallest absolute Gasteiger partial charge is 0.0900 e. The Bertz CT molecular complexity index is 389. The van der Waals surface area contributed by atoms with Gasteiger partial charge in [0.25, 0.3) is 0 Å². The fourth-order valence-electron chi connectivity index (χ4n) is 2.26. The number of hydrogen-bond acceptors (Lipinski definition) is 2. The van der Waals surface area contributed by atoms with Gasteiger partial charge in [-0.25, -0.2) is 0 Å². The standard InChI is InChI=1S/C16H22O2/c1-14(15-7-4-3-5-8-15)13-17-12-10-16(2)9-6-11-18-16/h3-5,7-8,13H,6,9-12H2,1-2H3/b14-13-. The fourth-order valence-corrected chi connectivity index (χ4v) is 2.26. The maximum absolute atomic E-state index is 5.73. The lowest BCUT2D eigenvalue weighted by Gasteiger charge is -2.22. The summed E-state index contributed by atoms with van der Waals surface area (Å²) in [6, 6.07) is 10.3. The van der Waals surface area contributed by atoms with Gasteiger partial charge >= 0.3 is 0 Å². The second-order valence-corrected chi connectivity index (χ2v) is 5.19. The molecule has 0 spiro atoms. The lowest BCUT2D eigenvalue weighted by Crippen LogP contribution is -2.24. The third-order valence-electron chi connectivity index (χ3n) is 3.54. The molecule has 1 aromatic rings. The molecule has 1 aromatic carbocycles. The zero-order valence-electron chi connectivity index (χ0n) is 11.3. The molecule has 98 valence electrons. The van der Waals surface area contributed by atoms with Crippen molar-refractivity contribution in [2.45, 2.75) is 38.7 Å². The lowest BCUT2D eigenvalue weighted by atomic mass is 9.99. The van der Waals surface area contributed by atoms with Gasteiger partial charge in [-0.2, -0.15) is 0 Å². The predicted octanol–water partition coefficient (Wildman–Crippen LogP) is 4.02. The number of allylic oxidation sites excluding steroid dienone is 1. The van der Waals surface area contributed by atoms with Gasteiger partial charge in [0.2, 0.25) is 0 Å². The van der Waals surface area contributed by atoms with Gasteiger partial charge in [0.15, 0.2) is 0 Å². The van der Waals surface area contributed by atoms with Crippen LogP contribution in [-0.2, 0) is 9.47 Å². The molecule has 0 amide bonds. The maximum atomic E-state index is 5.73. The van der Waals surface area contributed by atoms with Gasteiger partial charge in [0.1, 0.15) is 0 Å². The predicted molar refractivity (Wildman–Crippen MR) is 74.3 cm³/mol. The van der Waals surface area contributed by atoms with Crippen LogP contribution in [0.2, 0.25) is 0 Å². The van der Waals surface area contributed by atoms with Crippen molar-refractivity contribution >= 4 is 5.57 Å². The number of benzene rings is 1. The summed E-state index contributed by atoms with van der Waals surface area (Å²) in [6.07, 6.45) is 5.15. The van der Waals surface area contributed by atoms with Gasteiger partial charge in [-0.3, -0.25) is 0 Å². The molecule has 18 heavy (non-hydrogen) atoms. The van der Waals surface area contributed by atoms with Crippen LogP contribution in [0.3, 0.4) is 0 Å². The van der Waals surface area contributed by atoms with Gasteiger partial charge < -0.3 is 9.47 Å². The molecule has 1 fully saturated rings. The topological polar surface area (TPSA) is 18.5 Å². The summed E-state index contributed by atoms with van der Waals surface area (Å²) in [4.78, 5) is 0. The third kappa shape index (κ3) is 3.61. The molecule has 0 radical (unpaired) electrons. The molecule has 1 saturated heterocycles. The maximum Gasteiger partial charge on any atom is 0.0900 e. The highest BCUT2D eigenvalue weighted by molar-refractivity contribution is 5.62. The average molecular weight is 246 g/mol. The highest BCUT2D eigenvalue weighted by atomic mass is 16.5. The summed E-state index contributed by atoms with van der Waals surface area (Å²) in [5.74, 6) is 0. The zero-order valence-corrected chi connectivity index (χ0v) is 11.3. The Labute approximate surface area is 110 Å². The van der Waals surface area contributed by atoms with Crippen LogP contribution in [0.1, 0.15) is 38.7 Å². The number of ether oxygens (including phenoxy) is 2. The molecule has 0 N–H and O–H groups in total. The van der Waals surface area contributed by atoms with E-state index in [1.165, 1.54) is 12.0 Å². The van der Waals surface area contributed by atoms with E-state index >= 15 is 0 Å². The first-order valence-corrected chi connectivity index (χ1v) is 6.67. The van der Waals surface area contributed by atoms with Crippen molar-refractivity contribution in [3.05, 3.63) is 42.2 Å². The van der Waals surface area contributed by atoms with Crippen molar-refractivity contribution in [3.8, 4) is 0 Å². The summed E-state index contributed by atoms with van der Waals surface area (Å²) in [5, 5.41) is 0.